The quantitative estimate of drug-likeness (QED) is 0.579. The topological polar surface area (TPSA) is 56.8 Å². The van der Waals surface area contributed by atoms with Crippen molar-refractivity contribution in [1.82, 2.24) is 0 Å². The van der Waals surface area contributed by atoms with Gasteiger partial charge in [-0.3, -0.25) is 4.99 Å². The Labute approximate surface area is 92.5 Å². The van der Waals surface area contributed by atoms with Gasteiger partial charge in [0.15, 0.2) is 22.1 Å². The van der Waals surface area contributed by atoms with Gasteiger partial charge in [0.2, 0.25) is 0 Å². The number of fused-ring (bicyclic) bond motifs is 1. The molecule has 0 bridgehead atoms. The van der Waals surface area contributed by atoms with Gasteiger partial charge in [0.05, 0.1) is 0 Å². The molecule has 2 N–H and O–H groups in total. The lowest BCUT2D eigenvalue weighted by Gasteiger charge is -2.25. The number of ether oxygens (including phenoxy) is 2. The van der Waals surface area contributed by atoms with Crippen molar-refractivity contribution in [1.29, 1.82) is 0 Å². The van der Waals surface area contributed by atoms with Gasteiger partial charge in [0.1, 0.15) is 6.61 Å². The number of nitrogens with zero attached hydrogens (tertiary/aromatic N) is 1. The Balaban J connectivity index is 2.06. The summed E-state index contributed by atoms with van der Waals surface area (Å²) < 4.78 is 11.2. The normalized spacial score (nSPS) is 20.1. The maximum absolute atomic E-state index is 5.68. The molecule has 5 heteroatoms. The predicted molar refractivity (Wildman–Crippen MR) is 61.5 cm³/mol. The summed E-state index contributed by atoms with van der Waals surface area (Å²) in [6.07, 6.45) is 0. The molecule has 1 aromatic rings. The Morgan fingerprint density at radius 2 is 2.20 bits per heavy atom. The number of aliphatic imine (C=N–C) groups is 1. The molecule has 1 aliphatic rings. The first-order valence-corrected chi connectivity index (χ1v) is 5.45. The minimum atomic E-state index is -0.122. The van der Waals surface area contributed by atoms with Crippen LogP contribution in [0.2, 0.25) is 0 Å². The molecule has 0 saturated heterocycles. The van der Waals surface area contributed by atoms with Gasteiger partial charge in [-0.15, -0.1) is 0 Å². The van der Waals surface area contributed by atoms with Gasteiger partial charge in [-0.05, 0) is 23.9 Å². The van der Waals surface area contributed by atoms with Gasteiger partial charge in [-0.25, -0.2) is 0 Å². The Kier molecular flexibility index (Phi) is 3.01. The molecule has 1 heterocycles. The molecule has 0 saturated carbocycles. The number of thioether (sulfide) groups is 1. The van der Waals surface area contributed by atoms with E-state index in [0.717, 1.165) is 11.5 Å². The molecule has 0 spiro atoms. The molecule has 1 aliphatic heterocycles. The molecule has 0 unspecified atom stereocenters. The van der Waals surface area contributed by atoms with Crippen molar-refractivity contribution in [3.8, 4) is 11.5 Å². The molecular formula is C10H12N2O2S. The summed E-state index contributed by atoms with van der Waals surface area (Å²) in [5, 5.41) is 0.503. The van der Waals surface area contributed by atoms with Crippen LogP contribution in [0.1, 0.15) is 0 Å². The van der Waals surface area contributed by atoms with Crippen LogP contribution in [0.3, 0.4) is 0 Å². The summed E-state index contributed by atoms with van der Waals surface area (Å²) in [6.45, 7) is 0.484. The third kappa shape index (κ3) is 2.36. The summed E-state index contributed by atoms with van der Waals surface area (Å²) in [5.41, 5.74) is 5.48. The van der Waals surface area contributed by atoms with E-state index in [1.807, 2.05) is 24.3 Å². The molecule has 0 aromatic heterocycles. The van der Waals surface area contributed by atoms with E-state index in [1.54, 1.807) is 7.05 Å². The summed E-state index contributed by atoms with van der Waals surface area (Å²) in [6, 6.07) is 7.58. The van der Waals surface area contributed by atoms with Crippen molar-refractivity contribution in [2.75, 3.05) is 13.7 Å². The third-order valence-corrected chi connectivity index (χ3v) is 2.87. The second kappa shape index (κ2) is 4.44. The first-order valence-electron chi connectivity index (χ1n) is 4.57. The first-order chi connectivity index (χ1) is 7.29. The van der Waals surface area contributed by atoms with Crippen molar-refractivity contribution in [3.05, 3.63) is 24.3 Å². The van der Waals surface area contributed by atoms with Crippen molar-refractivity contribution < 1.29 is 9.47 Å². The number of rotatable bonds is 1. The fourth-order valence-corrected chi connectivity index (χ4v) is 1.91. The monoisotopic (exact) mass is 224 g/mol. The van der Waals surface area contributed by atoms with E-state index in [4.69, 9.17) is 15.2 Å². The zero-order valence-electron chi connectivity index (χ0n) is 8.34. The average Bonchev–Trinajstić information content (AvgIpc) is 2.29. The highest BCUT2D eigenvalue weighted by Crippen LogP contribution is 2.33. The molecule has 0 radical (unpaired) electrons. The van der Waals surface area contributed by atoms with Crippen LogP contribution in [-0.4, -0.2) is 24.3 Å². The fraction of sp³-hybridized carbons (Fsp3) is 0.300. The molecule has 0 aliphatic carbocycles. The summed E-state index contributed by atoms with van der Waals surface area (Å²) in [5.74, 6) is 1.53. The number of para-hydroxylation sites is 2. The van der Waals surface area contributed by atoms with E-state index in [9.17, 15) is 0 Å². The van der Waals surface area contributed by atoms with Crippen LogP contribution < -0.4 is 15.2 Å². The molecule has 2 rings (SSSR count). The second-order valence-corrected chi connectivity index (χ2v) is 4.16. The van der Waals surface area contributed by atoms with Gasteiger partial charge in [-0.2, -0.15) is 0 Å². The van der Waals surface area contributed by atoms with Gasteiger partial charge >= 0.3 is 0 Å². The smallest absolute Gasteiger partial charge is 0.185 e. The maximum atomic E-state index is 5.68. The summed E-state index contributed by atoms with van der Waals surface area (Å²) in [7, 11) is 1.65. The largest absolute Gasteiger partial charge is 0.485 e. The highest BCUT2D eigenvalue weighted by molar-refractivity contribution is 8.14. The van der Waals surface area contributed by atoms with Gasteiger partial charge < -0.3 is 15.2 Å². The van der Waals surface area contributed by atoms with E-state index >= 15 is 0 Å². The molecule has 1 aromatic carbocycles. The standard InChI is InChI=1S/C10H12N2O2S/c1-12-10(11)15-9-6-13-7-4-2-3-5-8(7)14-9/h2-5,9H,6H2,1H3,(H2,11,12)/t9-/m1/s1. The van der Waals surface area contributed by atoms with Crippen LogP contribution in [-0.2, 0) is 0 Å². The van der Waals surface area contributed by atoms with Gasteiger partial charge in [-0.1, -0.05) is 12.1 Å². The summed E-state index contributed by atoms with van der Waals surface area (Å²) >= 11 is 1.36. The molecule has 80 valence electrons. The number of benzene rings is 1. The Bertz CT molecular complexity index is 381. The number of nitrogens with two attached hydrogens (primary N) is 1. The van der Waals surface area contributed by atoms with Crippen LogP contribution in [0.25, 0.3) is 0 Å². The Hall–Kier alpha value is -1.36. The van der Waals surface area contributed by atoms with Crippen molar-refractivity contribution in [2.45, 2.75) is 5.44 Å². The molecule has 0 fully saturated rings. The molecular weight excluding hydrogens is 212 g/mol. The first kappa shape index (κ1) is 10.2. The van der Waals surface area contributed by atoms with E-state index in [0.29, 0.717) is 11.8 Å². The van der Waals surface area contributed by atoms with E-state index in [2.05, 4.69) is 4.99 Å². The van der Waals surface area contributed by atoms with E-state index < -0.39 is 0 Å². The summed E-state index contributed by atoms with van der Waals surface area (Å²) in [4.78, 5) is 3.86. The predicted octanol–water partition coefficient (Wildman–Crippen LogP) is 1.46. The zero-order valence-corrected chi connectivity index (χ0v) is 9.16. The lowest BCUT2D eigenvalue weighted by Crippen LogP contribution is -2.28. The molecule has 4 nitrogen and oxygen atoms in total. The van der Waals surface area contributed by atoms with Crippen LogP contribution in [0.15, 0.2) is 29.3 Å². The SMILES string of the molecule is CN=C(N)S[C@@H]1COc2ccccc2O1. The molecule has 15 heavy (non-hydrogen) atoms. The maximum Gasteiger partial charge on any atom is 0.185 e. The minimum Gasteiger partial charge on any atom is -0.485 e. The lowest BCUT2D eigenvalue weighted by molar-refractivity contribution is 0.149. The van der Waals surface area contributed by atoms with Crippen LogP contribution in [0.5, 0.6) is 11.5 Å². The number of amidine groups is 1. The number of hydrogen-bond donors (Lipinski definition) is 1. The van der Waals surface area contributed by atoms with E-state index in [1.165, 1.54) is 11.8 Å². The van der Waals surface area contributed by atoms with Crippen molar-refractivity contribution in [3.63, 3.8) is 0 Å². The zero-order chi connectivity index (χ0) is 10.7. The van der Waals surface area contributed by atoms with Crippen LogP contribution in [0.4, 0.5) is 0 Å². The van der Waals surface area contributed by atoms with Gasteiger partial charge in [0, 0.05) is 7.05 Å². The van der Waals surface area contributed by atoms with Crippen LogP contribution in [0, 0.1) is 0 Å². The Morgan fingerprint density at radius 1 is 1.47 bits per heavy atom. The van der Waals surface area contributed by atoms with E-state index in [-0.39, 0.29) is 5.44 Å². The molecule has 0 amide bonds. The highest BCUT2D eigenvalue weighted by atomic mass is 32.2. The average molecular weight is 224 g/mol. The number of hydrogen-bond acceptors (Lipinski definition) is 4. The fourth-order valence-electron chi connectivity index (χ4n) is 1.25. The lowest BCUT2D eigenvalue weighted by atomic mass is 10.3. The van der Waals surface area contributed by atoms with Gasteiger partial charge in [0.25, 0.3) is 0 Å². The van der Waals surface area contributed by atoms with Crippen molar-refractivity contribution in [2.24, 2.45) is 10.7 Å². The second-order valence-electron chi connectivity index (χ2n) is 2.98. The minimum absolute atomic E-state index is 0.122. The molecule has 1 atom stereocenters. The highest BCUT2D eigenvalue weighted by Gasteiger charge is 2.21. The van der Waals surface area contributed by atoms with Crippen LogP contribution >= 0.6 is 11.8 Å². The Morgan fingerprint density at radius 3 is 2.93 bits per heavy atom. The van der Waals surface area contributed by atoms with Crippen molar-refractivity contribution >= 4 is 16.9 Å². The third-order valence-electron chi connectivity index (χ3n) is 1.96.